The summed E-state index contributed by atoms with van der Waals surface area (Å²) in [6.07, 6.45) is 1.91. The number of hydrogen-bond donors (Lipinski definition) is 0. The van der Waals surface area contributed by atoms with Crippen LogP contribution in [0.1, 0.15) is 23.1 Å². The molecule has 0 radical (unpaired) electrons. The van der Waals surface area contributed by atoms with Crippen LogP contribution in [0.4, 0.5) is 0 Å². The third-order valence-electron chi connectivity index (χ3n) is 2.66. The van der Waals surface area contributed by atoms with E-state index in [1.165, 1.54) is 0 Å². The minimum absolute atomic E-state index is 0.317. The van der Waals surface area contributed by atoms with Crippen LogP contribution in [0, 0.1) is 0 Å². The Morgan fingerprint density at radius 3 is 2.74 bits per heavy atom. The molecule has 0 bridgehead atoms. The normalized spacial score (nSPS) is 11.8. The van der Waals surface area contributed by atoms with E-state index in [0.29, 0.717) is 12.3 Å². The second-order valence-electron chi connectivity index (χ2n) is 5.54. The summed E-state index contributed by atoms with van der Waals surface area (Å²) in [6.45, 7) is 2.98. The molecule has 0 unspecified atom stereocenters. The Labute approximate surface area is 113 Å². The maximum absolute atomic E-state index is 11.9. The topological polar surface area (TPSA) is 43.6 Å². The number of esters is 1. The Balaban J connectivity index is 2.42. The van der Waals surface area contributed by atoms with Gasteiger partial charge in [0.1, 0.15) is 23.6 Å². The summed E-state index contributed by atoms with van der Waals surface area (Å²) in [5, 5.41) is 0. The summed E-state index contributed by atoms with van der Waals surface area (Å²) >= 11 is 0. The predicted octanol–water partition coefficient (Wildman–Crippen LogP) is 1.72. The van der Waals surface area contributed by atoms with E-state index in [9.17, 15) is 4.79 Å². The van der Waals surface area contributed by atoms with E-state index in [1.807, 2.05) is 18.3 Å². The quantitative estimate of drug-likeness (QED) is 0.622. The number of hydrogen-bond acceptors (Lipinski definition) is 3. The summed E-state index contributed by atoms with van der Waals surface area (Å²) in [4.78, 5) is 16.4. The molecule has 0 aliphatic heterocycles. The summed E-state index contributed by atoms with van der Waals surface area (Å²) < 4.78 is 7.64. The van der Waals surface area contributed by atoms with Crippen LogP contribution in [-0.2, 0) is 11.3 Å². The number of imidazole rings is 1. The second-order valence-corrected chi connectivity index (χ2v) is 5.54. The molecule has 0 fully saturated rings. The van der Waals surface area contributed by atoms with Crippen LogP contribution in [0.25, 0.3) is 5.65 Å². The van der Waals surface area contributed by atoms with Crippen molar-refractivity contribution in [1.29, 1.82) is 0 Å². The molecule has 0 aliphatic rings. The number of aromatic nitrogens is 2. The smallest absolute Gasteiger partial charge is 0.355 e. The molecular weight excluding hydrogens is 242 g/mol. The van der Waals surface area contributed by atoms with Crippen LogP contribution in [0.5, 0.6) is 0 Å². The first kappa shape index (κ1) is 13.5. The summed E-state index contributed by atoms with van der Waals surface area (Å²) in [5.74, 6) is -0.317. The molecular formula is C14H20N3O2+. The summed E-state index contributed by atoms with van der Waals surface area (Å²) in [5.41, 5.74) is 2.25. The van der Waals surface area contributed by atoms with Gasteiger partial charge >= 0.3 is 5.97 Å². The van der Waals surface area contributed by atoms with Crippen LogP contribution in [-0.4, -0.2) is 47.6 Å². The molecule has 0 aromatic carbocycles. The summed E-state index contributed by atoms with van der Waals surface area (Å²) in [7, 11) is 6.32. The number of pyridine rings is 1. The third kappa shape index (κ3) is 3.12. The van der Waals surface area contributed by atoms with Crippen molar-refractivity contribution < 1.29 is 14.0 Å². The van der Waals surface area contributed by atoms with Crippen LogP contribution in [0.3, 0.4) is 0 Å². The lowest BCUT2D eigenvalue weighted by Crippen LogP contribution is -2.33. The van der Waals surface area contributed by atoms with Gasteiger partial charge in [-0.05, 0) is 19.1 Å². The van der Waals surface area contributed by atoms with Crippen molar-refractivity contribution in [2.24, 2.45) is 0 Å². The van der Waals surface area contributed by atoms with Gasteiger partial charge < -0.3 is 9.22 Å². The zero-order chi connectivity index (χ0) is 14.0. The number of carbonyl (C=O) groups excluding carboxylic acids is 1. The van der Waals surface area contributed by atoms with Gasteiger partial charge in [-0.25, -0.2) is 9.78 Å². The maximum Gasteiger partial charge on any atom is 0.355 e. The van der Waals surface area contributed by atoms with E-state index in [-0.39, 0.29) is 5.97 Å². The van der Waals surface area contributed by atoms with Crippen molar-refractivity contribution in [3.8, 4) is 0 Å². The van der Waals surface area contributed by atoms with E-state index in [1.54, 1.807) is 17.4 Å². The number of fused-ring (bicyclic) bond motifs is 1. The van der Waals surface area contributed by atoms with Crippen LogP contribution in [0.2, 0.25) is 0 Å². The zero-order valence-electron chi connectivity index (χ0n) is 11.9. The van der Waals surface area contributed by atoms with E-state index < -0.39 is 0 Å². The maximum atomic E-state index is 11.9. The molecule has 5 heteroatoms. The third-order valence-corrected chi connectivity index (χ3v) is 2.66. The largest absolute Gasteiger partial charge is 0.461 e. The Bertz CT molecular complexity index is 596. The Hall–Kier alpha value is -1.88. The van der Waals surface area contributed by atoms with E-state index >= 15 is 0 Å². The number of ether oxygens (including phenoxy) is 1. The molecule has 2 rings (SSSR count). The van der Waals surface area contributed by atoms with Gasteiger partial charge in [-0.2, -0.15) is 0 Å². The predicted molar refractivity (Wildman–Crippen MR) is 72.9 cm³/mol. The summed E-state index contributed by atoms with van der Waals surface area (Å²) in [6, 6.07) is 5.47. The van der Waals surface area contributed by atoms with Crippen molar-refractivity contribution >= 4 is 11.6 Å². The molecule has 0 amide bonds. The van der Waals surface area contributed by atoms with Crippen molar-refractivity contribution in [2.75, 3.05) is 27.7 Å². The highest BCUT2D eigenvalue weighted by Crippen LogP contribution is 2.12. The first-order valence-corrected chi connectivity index (χ1v) is 6.35. The molecule has 0 atom stereocenters. The lowest BCUT2D eigenvalue weighted by molar-refractivity contribution is -0.884. The zero-order valence-corrected chi connectivity index (χ0v) is 11.9. The number of rotatable bonds is 4. The molecule has 2 aromatic heterocycles. The average molecular weight is 262 g/mol. The molecule has 0 spiro atoms. The monoisotopic (exact) mass is 262 g/mol. The van der Waals surface area contributed by atoms with Gasteiger partial charge in [-0.3, -0.25) is 4.40 Å². The highest BCUT2D eigenvalue weighted by atomic mass is 16.5. The average Bonchev–Trinajstić information content (AvgIpc) is 2.68. The Kier molecular flexibility index (Phi) is 3.57. The number of carbonyl (C=O) groups is 1. The molecule has 0 saturated heterocycles. The molecule has 19 heavy (non-hydrogen) atoms. The van der Waals surface area contributed by atoms with E-state index in [2.05, 4.69) is 26.1 Å². The standard InChI is InChI=1S/C14H20N3O2/c1-5-19-14(18)12-7-6-8-13-15-11(9-16(12)13)10-17(2,3)4/h6-9H,5,10H2,1-4H3/q+1. The molecule has 102 valence electrons. The fraction of sp³-hybridized carbons (Fsp3) is 0.429. The molecule has 5 nitrogen and oxygen atoms in total. The van der Waals surface area contributed by atoms with Gasteiger partial charge in [0, 0.05) is 6.20 Å². The van der Waals surface area contributed by atoms with Gasteiger partial charge in [0.15, 0.2) is 0 Å². The van der Waals surface area contributed by atoms with Gasteiger partial charge in [0.25, 0.3) is 0 Å². The van der Waals surface area contributed by atoms with Crippen molar-refractivity contribution in [3.05, 3.63) is 35.8 Å². The van der Waals surface area contributed by atoms with E-state index in [4.69, 9.17) is 4.74 Å². The lowest BCUT2D eigenvalue weighted by Gasteiger charge is -2.22. The SMILES string of the molecule is CCOC(=O)c1cccc2nc(C[N+](C)(C)C)cn12. The first-order chi connectivity index (χ1) is 8.90. The minimum Gasteiger partial charge on any atom is -0.461 e. The molecule has 2 heterocycles. The molecule has 0 aliphatic carbocycles. The van der Waals surface area contributed by atoms with Crippen molar-refractivity contribution in [3.63, 3.8) is 0 Å². The number of quaternary nitrogens is 1. The van der Waals surface area contributed by atoms with Crippen LogP contribution in [0.15, 0.2) is 24.4 Å². The van der Waals surface area contributed by atoms with Gasteiger partial charge in [-0.15, -0.1) is 0 Å². The molecule has 0 N–H and O–H groups in total. The van der Waals surface area contributed by atoms with Gasteiger partial charge in [0.2, 0.25) is 0 Å². The first-order valence-electron chi connectivity index (χ1n) is 6.35. The van der Waals surface area contributed by atoms with Crippen LogP contribution < -0.4 is 0 Å². The fourth-order valence-electron chi connectivity index (χ4n) is 1.99. The van der Waals surface area contributed by atoms with E-state index in [0.717, 1.165) is 22.4 Å². The van der Waals surface area contributed by atoms with Crippen LogP contribution >= 0.6 is 0 Å². The fourth-order valence-corrected chi connectivity index (χ4v) is 1.99. The molecule has 0 saturated carbocycles. The Morgan fingerprint density at radius 2 is 2.11 bits per heavy atom. The highest BCUT2D eigenvalue weighted by molar-refractivity contribution is 5.88. The highest BCUT2D eigenvalue weighted by Gasteiger charge is 2.16. The van der Waals surface area contributed by atoms with Crippen molar-refractivity contribution in [2.45, 2.75) is 13.5 Å². The van der Waals surface area contributed by atoms with Crippen molar-refractivity contribution in [1.82, 2.24) is 9.38 Å². The minimum atomic E-state index is -0.317. The van der Waals surface area contributed by atoms with Gasteiger partial charge in [0.05, 0.1) is 27.7 Å². The molecule has 2 aromatic rings. The second kappa shape index (κ2) is 5.01. The van der Waals surface area contributed by atoms with Gasteiger partial charge in [-0.1, -0.05) is 6.07 Å². The number of nitrogens with zero attached hydrogens (tertiary/aromatic N) is 3. The Morgan fingerprint density at radius 1 is 1.37 bits per heavy atom. The lowest BCUT2D eigenvalue weighted by atomic mass is 10.3.